The van der Waals surface area contributed by atoms with Crippen LogP contribution in [0.15, 0.2) is 30.5 Å². The molecule has 0 saturated heterocycles. The number of rotatable bonds is 5. The van der Waals surface area contributed by atoms with Crippen LogP contribution in [-0.2, 0) is 11.2 Å². The predicted molar refractivity (Wildman–Crippen MR) is 95.3 cm³/mol. The molecule has 3 nitrogen and oxygen atoms in total. The molecule has 1 aliphatic carbocycles. The van der Waals surface area contributed by atoms with Crippen molar-refractivity contribution in [3.8, 4) is 0 Å². The summed E-state index contributed by atoms with van der Waals surface area (Å²) >= 11 is 0. The van der Waals surface area contributed by atoms with E-state index in [1.165, 1.54) is 29.3 Å². The summed E-state index contributed by atoms with van der Waals surface area (Å²) in [4.78, 5) is 15.5. The van der Waals surface area contributed by atoms with Gasteiger partial charge >= 0.3 is 0 Å². The molecule has 3 rings (SSSR count). The van der Waals surface area contributed by atoms with E-state index in [0.29, 0.717) is 18.4 Å². The van der Waals surface area contributed by atoms with Crippen molar-refractivity contribution in [2.45, 2.75) is 58.4 Å². The molecule has 1 fully saturated rings. The third-order valence-corrected chi connectivity index (χ3v) is 5.58. The number of nitrogens with one attached hydrogen (secondary N) is 2. The quantitative estimate of drug-likeness (QED) is 0.842. The molecule has 3 unspecified atom stereocenters. The van der Waals surface area contributed by atoms with Crippen molar-refractivity contribution < 1.29 is 4.79 Å². The summed E-state index contributed by atoms with van der Waals surface area (Å²) in [5, 5.41) is 4.55. The van der Waals surface area contributed by atoms with Gasteiger partial charge in [0.1, 0.15) is 0 Å². The highest BCUT2D eigenvalue weighted by Crippen LogP contribution is 2.29. The molecule has 2 aromatic rings. The number of carbonyl (C=O) groups excluding carboxylic acids is 1. The smallest absolute Gasteiger partial charge is 0.220 e. The van der Waals surface area contributed by atoms with E-state index in [9.17, 15) is 4.79 Å². The van der Waals surface area contributed by atoms with Crippen LogP contribution >= 0.6 is 0 Å². The second-order valence-corrected chi connectivity index (χ2v) is 7.15. The van der Waals surface area contributed by atoms with E-state index in [-0.39, 0.29) is 5.91 Å². The Bertz CT molecular complexity index is 660. The van der Waals surface area contributed by atoms with E-state index in [1.54, 1.807) is 0 Å². The minimum Gasteiger partial charge on any atom is -0.361 e. The van der Waals surface area contributed by atoms with E-state index >= 15 is 0 Å². The van der Waals surface area contributed by atoms with Gasteiger partial charge < -0.3 is 10.3 Å². The maximum absolute atomic E-state index is 12.2. The van der Waals surface area contributed by atoms with E-state index in [1.807, 2.05) is 6.07 Å². The van der Waals surface area contributed by atoms with Crippen molar-refractivity contribution in [3.05, 3.63) is 36.0 Å². The molecule has 3 atom stereocenters. The molecule has 0 aliphatic heterocycles. The molecule has 1 aromatic heterocycles. The van der Waals surface area contributed by atoms with Gasteiger partial charge in [0, 0.05) is 29.6 Å². The van der Waals surface area contributed by atoms with Crippen molar-refractivity contribution in [1.82, 2.24) is 10.3 Å². The van der Waals surface area contributed by atoms with Gasteiger partial charge in [-0.05, 0) is 42.7 Å². The molecule has 1 aromatic carbocycles. The first-order valence-corrected chi connectivity index (χ1v) is 8.99. The lowest BCUT2D eigenvalue weighted by atomic mass is 9.78. The number of amides is 1. The van der Waals surface area contributed by atoms with Crippen molar-refractivity contribution in [1.29, 1.82) is 0 Å². The normalized spacial score (nSPS) is 24.7. The number of hydrogen-bond donors (Lipinski definition) is 2. The molecule has 1 amide bonds. The number of para-hydroxylation sites is 1. The summed E-state index contributed by atoms with van der Waals surface area (Å²) in [7, 11) is 0. The van der Waals surface area contributed by atoms with Crippen LogP contribution in [0.2, 0.25) is 0 Å². The average molecular weight is 312 g/mol. The highest BCUT2D eigenvalue weighted by atomic mass is 16.1. The summed E-state index contributed by atoms with van der Waals surface area (Å²) in [5.74, 6) is 1.54. The third-order valence-electron chi connectivity index (χ3n) is 5.58. The number of carbonyl (C=O) groups is 1. The second-order valence-electron chi connectivity index (χ2n) is 7.15. The molecule has 2 N–H and O–H groups in total. The van der Waals surface area contributed by atoms with Gasteiger partial charge in [-0.2, -0.15) is 0 Å². The average Bonchev–Trinajstić information content (AvgIpc) is 2.95. The van der Waals surface area contributed by atoms with Crippen LogP contribution in [-0.4, -0.2) is 16.9 Å². The van der Waals surface area contributed by atoms with Crippen LogP contribution in [0, 0.1) is 11.8 Å². The van der Waals surface area contributed by atoms with Crippen LogP contribution in [0.1, 0.15) is 51.5 Å². The Morgan fingerprint density at radius 1 is 1.26 bits per heavy atom. The molecular weight excluding hydrogens is 284 g/mol. The zero-order chi connectivity index (χ0) is 16.2. The zero-order valence-electron chi connectivity index (χ0n) is 14.3. The van der Waals surface area contributed by atoms with E-state index < -0.39 is 0 Å². The van der Waals surface area contributed by atoms with Crippen LogP contribution in [0.4, 0.5) is 0 Å². The van der Waals surface area contributed by atoms with Crippen LogP contribution < -0.4 is 5.32 Å². The fraction of sp³-hybridized carbons (Fsp3) is 0.550. The molecule has 1 heterocycles. The van der Waals surface area contributed by atoms with Gasteiger partial charge in [0.25, 0.3) is 0 Å². The minimum absolute atomic E-state index is 0.218. The van der Waals surface area contributed by atoms with Gasteiger partial charge in [0.15, 0.2) is 0 Å². The molecular formula is C20H28N2O. The molecule has 0 radical (unpaired) electrons. The maximum Gasteiger partial charge on any atom is 0.220 e. The van der Waals surface area contributed by atoms with Gasteiger partial charge in [-0.15, -0.1) is 0 Å². The maximum atomic E-state index is 12.2. The Morgan fingerprint density at radius 2 is 2.09 bits per heavy atom. The topological polar surface area (TPSA) is 44.9 Å². The summed E-state index contributed by atoms with van der Waals surface area (Å²) in [6.07, 6.45) is 8.24. The van der Waals surface area contributed by atoms with Gasteiger partial charge in [-0.25, -0.2) is 0 Å². The number of hydrogen-bond acceptors (Lipinski definition) is 1. The number of benzene rings is 1. The van der Waals surface area contributed by atoms with Gasteiger partial charge in [-0.1, -0.05) is 44.9 Å². The number of aryl methyl sites for hydroxylation is 1. The highest BCUT2D eigenvalue weighted by molar-refractivity contribution is 5.83. The monoisotopic (exact) mass is 312 g/mol. The molecule has 124 valence electrons. The Kier molecular flexibility index (Phi) is 5.04. The molecule has 0 spiro atoms. The predicted octanol–water partition coefficient (Wildman–Crippen LogP) is 4.43. The first-order valence-electron chi connectivity index (χ1n) is 8.99. The molecule has 0 bridgehead atoms. The molecule has 3 heteroatoms. The molecule has 1 saturated carbocycles. The standard InChI is InChI=1S/C20H28N2O/c1-14-7-5-11-18(15(14)2)22-20(23)12-6-8-16-13-21-19-10-4-3-9-17(16)19/h3-4,9-10,13-15,18,21H,5-8,11-12H2,1-2H3,(H,22,23). The summed E-state index contributed by atoms with van der Waals surface area (Å²) < 4.78 is 0. The Hall–Kier alpha value is -1.77. The van der Waals surface area contributed by atoms with E-state index in [4.69, 9.17) is 0 Å². The fourth-order valence-electron chi connectivity index (χ4n) is 3.84. The SMILES string of the molecule is CC1CCCC(NC(=O)CCCc2c[nH]c3ccccc23)C1C. The number of aromatic nitrogens is 1. The van der Waals surface area contributed by atoms with Crippen molar-refractivity contribution in [3.63, 3.8) is 0 Å². The van der Waals surface area contributed by atoms with Gasteiger partial charge in [0.2, 0.25) is 5.91 Å². The lowest BCUT2D eigenvalue weighted by Crippen LogP contribution is -2.43. The third kappa shape index (κ3) is 3.77. The van der Waals surface area contributed by atoms with E-state index in [2.05, 4.69) is 48.5 Å². The number of fused-ring (bicyclic) bond motifs is 1. The van der Waals surface area contributed by atoms with Crippen molar-refractivity contribution >= 4 is 16.8 Å². The Morgan fingerprint density at radius 3 is 2.96 bits per heavy atom. The van der Waals surface area contributed by atoms with Crippen molar-refractivity contribution in [2.75, 3.05) is 0 Å². The number of aromatic amines is 1. The van der Waals surface area contributed by atoms with Crippen molar-refractivity contribution in [2.24, 2.45) is 11.8 Å². The minimum atomic E-state index is 0.218. The summed E-state index contributed by atoms with van der Waals surface area (Å²) in [5.41, 5.74) is 2.49. The van der Waals surface area contributed by atoms with Gasteiger partial charge in [0.05, 0.1) is 0 Å². The Labute approximate surface area is 138 Å². The first-order chi connectivity index (χ1) is 11.1. The Balaban J connectivity index is 1.48. The second kappa shape index (κ2) is 7.20. The van der Waals surface area contributed by atoms with Crippen LogP contribution in [0.5, 0.6) is 0 Å². The summed E-state index contributed by atoms with van der Waals surface area (Å²) in [6.45, 7) is 4.58. The first kappa shape index (κ1) is 16.1. The highest BCUT2D eigenvalue weighted by Gasteiger charge is 2.27. The molecule has 23 heavy (non-hydrogen) atoms. The largest absolute Gasteiger partial charge is 0.361 e. The molecule has 1 aliphatic rings. The zero-order valence-corrected chi connectivity index (χ0v) is 14.3. The van der Waals surface area contributed by atoms with Gasteiger partial charge in [-0.3, -0.25) is 4.79 Å². The lowest BCUT2D eigenvalue weighted by Gasteiger charge is -2.34. The summed E-state index contributed by atoms with van der Waals surface area (Å²) in [6, 6.07) is 8.73. The number of H-pyrrole nitrogens is 1. The fourth-order valence-corrected chi connectivity index (χ4v) is 3.84. The van der Waals surface area contributed by atoms with E-state index in [0.717, 1.165) is 25.2 Å². The van der Waals surface area contributed by atoms with Crippen LogP contribution in [0.3, 0.4) is 0 Å². The lowest BCUT2D eigenvalue weighted by molar-refractivity contribution is -0.122. The van der Waals surface area contributed by atoms with Crippen LogP contribution in [0.25, 0.3) is 10.9 Å².